The van der Waals surface area contributed by atoms with Gasteiger partial charge >= 0.3 is 6.01 Å². The van der Waals surface area contributed by atoms with E-state index in [0.29, 0.717) is 17.3 Å². The van der Waals surface area contributed by atoms with Gasteiger partial charge in [0.25, 0.3) is 0 Å². The van der Waals surface area contributed by atoms with Crippen molar-refractivity contribution in [1.82, 2.24) is 10.2 Å². The second-order valence-electron chi connectivity index (χ2n) is 5.54. The number of nitrogens with zero attached hydrogens (tertiary/aromatic N) is 3. The van der Waals surface area contributed by atoms with Crippen molar-refractivity contribution < 1.29 is 4.42 Å². The van der Waals surface area contributed by atoms with Crippen LogP contribution in [0.2, 0.25) is 0 Å². The zero-order valence-corrected chi connectivity index (χ0v) is 11.5. The van der Waals surface area contributed by atoms with Gasteiger partial charge in [0.05, 0.1) is 0 Å². The van der Waals surface area contributed by atoms with Gasteiger partial charge in [-0.05, 0) is 31.6 Å². The highest BCUT2D eigenvalue weighted by Crippen LogP contribution is 2.31. The molecule has 1 fully saturated rings. The SMILES string of the molecule is CC(Cl)c1nnc(N2CCCC(C)(C)CC2)o1. The van der Waals surface area contributed by atoms with Crippen molar-refractivity contribution in [3.63, 3.8) is 0 Å². The standard InChI is InChI=1S/C12H20ClN3O/c1-9(13)10-14-15-11(17-10)16-7-4-5-12(2,3)6-8-16/h9H,4-8H2,1-3H3. The fourth-order valence-electron chi connectivity index (χ4n) is 2.13. The van der Waals surface area contributed by atoms with E-state index < -0.39 is 0 Å². The van der Waals surface area contributed by atoms with E-state index in [0.717, 1.165) is 19.5 Å². The number of halogens is 1. The first-order valence-corrected chi connectivity index (χ1v) is 6.64. The molecule has 4 nitrogen and oxygen atoms in total. The molecule has 5 heteroatoms. The summed E-state index contributed by atoms with van der Waals surface area (Å²) in [7, 11) is 0. The Labute approximate surface area is 107 Å². The van der Waals surface area contributed by atoms with Gasteiger partial charge in [-0.3, -0.25) is 0 Å². The topological polar surface area (TPSA) is 42.2 Å². The maximum Gasteiger partial charge on any atom is 0.318 e. The van der Waals surface area contributed by atoms with Crippen LogP contribution in [0.5, 0.6) is 0 Å². The van der Waals surface area contributed by atoms with Crippen molar-refractivity contribution in [3.8, 4) is 0 Å². The van der Waals surface area contributed by atoms with E-state index in [4.69, 9.17) is 16.0 Å². The van der Waals surface area contributed by atoms with Crippen molar-refractivity contribution >= 4 is 17.6 Å². The lowest BCUT2D eigenvalue weighted by Gasteiger charge is -2.22. The van der Waals surface area contributed by atoms with Gasteiger partial charge in [0.2, 0.25) is 5.89 Å². The molecule has 17 heavy (non-hydrogen) atoms. The molecule has 1 unspecified atom stereocenters. The molecule has 0 spiro atoms. The molecular formula is C12H20ClN3O. The number of alkyl halides is 1. The summed E-state index contributed by atoms with van der Waals surface area (Å²) in [6, 6.07) is 0.616. The average Bonchev–Trinajstić information content (AvgIpc) is 2.65. The number of rotatable bonds is 2. The monoisotopic (exact) mass is 257 g/mol. The molecule has 0 N–H and O–H groups in total. The fourth-order valence-corrected chi connectivity index (χ4v) is 2.22. The minimum Gasteiger partial charge on any atom is -0.406 e. The second kappa shape index (κ2) is 4.84. The molecule has 1 aromatic heterocycles. The molecule has 1 saturated heterocycles. The summed E-state index contributed by atoms with van der Waals surface area (Å²) in [4.78, 5) is 2.17. The molecule has 2 heterocycles. The lowest BCUT2D eigenvalue weighted by Crippen LogP contribution is -2.25. The third-order valence-electron chi connectivity index (χ3n) is 3.38. The summed E-state index contributed by atoms with van der Waals surface area (Å²) in [5.74, 6) is 0.505. The maximum atomic E-state index is 5.92. The van der Waals surface area contributed by atoms with Crippen LogP contribution < -0.4 is 4.90 Å². The predicted octanol–water partition coefficient (Wildman–Crippen LogP) is 3.39. The van der Waals surface area contributed by atoms with Crippen LogP contribution in [-0.2, 0) is 0 Å². The molecule has 0 radical (unpaired) electrons. The average molecular weight is 258 g/mol. The van der Waals surface area contributed by atoms with Crippen LogP contribution in [-0.4, -0.2) is 23.3 Å². The molecule has 1 aliphatic heterocycles. The van der Waals surface area contributed by atoms with E-state index in [9.17, 15) is 0 Å². The first kappa shape index (κ1) is 12.7. The molecule has 0 aromatic carbocycles. The lowest BCUT2D eigenvalue weighted by molar-refractivity contribution is 0.324. The van der Waals surface area contributed by atoms with Crippen molar-refractivity contribution in [2.45, 2.75) is 45.4 Å². The Morgan fingerprint density at radius 1 is 1.29 bits per heavy atom. The summed E-state index contributed by atoms with van der Waals surface area (Å²) >= 11 is 5.92. The minimum absolute atomic E-state index is 0.223. The van der Waals surface area contributed by atoms with E-state index >= 15 is 0 Å². The van der Waals surface area contributed by atoms with Crippen LogP contribution in [0.3, 0.4) is 0 Å². The van der Waals surface area contributed by atoms with Gasteiger partial charge in [0, 0.05) is 13.1 Å². The molecule has 96 valence electrons. The molecule has 1 aromatic rings. The molecule has 1 atom stereocenters. The van der Waals surface area contributed by atoms with Crippen molar-refractivity contribution in [2.75, 3.05) is 18.0 Å². The van der Waals surface area contributed by atoms with Crippen LogP contribution >= 0.6 is 11.6 Å². The number of hydrogen-bond acceptors (Lipinski definition) is 4. The van der Waals surface area contributed by atoms with E-state index in [2.05, 4.69) is 28.9 Å². The Morgan fingerprint density at radius 2 is 2.06 bits per heavy atom. The minimum atomic E-state index is -0.223. The summed E-state index contributed by atoms with van der Waals surface area (Å²) < 4.78 is 5.58. The maximum absolute atomic E-state index is 5.92. The smallest absolute Gasteiger partial charge is 0.318 e. The first-order valence-electron chi connectivity index (χ1n) is 6.20. The van der Waals surface area contributed by atoms with Crippen LogP contribution in [0.25, 0.3) is 0 Å². The summed E-state index contributed by atoms with van der Waals surface area (Å²) in [6.07, 6.45) is 3.57. The molecular weight excluding hydrogens is 238 g/mol. The summed E-state index contributed by atoms with van der Waals surface area (Å²) in [6.45, 7) is 8.44. The highest BCUT2D eigenvalue weighted by Gasteiger charge is 2.25. The summed E-state index contributed by atoms with van der Waals surface area (Å²) in [5, 5.41) is 7.82. The van der Waals surface area contributed by atoms with Crippen LogP contribution in [0.1, 0.15) is 51.3 Å². The van der Waals surface area contributed by atoms with Crippen LogP contribution in [0, 0.1) is 5.41 Å². The highest BCUT2D eigenvalue weighted by molar-refractivity contribution is 6.20. The van der Waals surface area contributed by atoms with E-state index in [1.165, 1.54) is 12.8 Å². The Kier molecular flexibility index (Phi) is 3.61. The van der Waals surface area contributed by atoms with Gasteiger partial charge in [-0.1, -0.05) is 18.9 Å². The van der Waals surface area contributed by atoms with Gasteiger partial charge in [-0.15, -0.1) is 16.7 Å². The third-order valence-corrected chi connectivity index (χ3v) is 3.57. The molecule has 0 bridgehead atoms. The van der Waals surface area contributed by atoms with E-state index in [1.54, 1.807) is 0 Å². The zero-order chi connectivity index (χ0) is 12.5. The van der Waals surface area contributed by atoms with Crippen molar-refractivity contribution in [2.24, 2.45) is 5.41 Å². The molecule has 2 rings (SSSR count). The molecule has 0 saturated carbocycles. The van der Waals surface area contributed by atoms with E-state index in [1.807, 2.05) is 6.92 Å². The Hall–Kier alpha value is -0.770. The highest BCUT2D eigenvalue weighted by atomic mass is 35.5. The number of aromatic nitrogens is 2. The Balaban J connectivity index is 2.06. The molecule has 1 aliphatic rings. The van der Waals surface area contributed by atoms with Crippen LogP contribution in [0.4, 0.5) is 6.01 Å². The zero-order valence-electron chi connectivity index (χ0n) is 10.7. The normalized spacial score (nSPS) is 22.2. The van der Waals surface area contributed by atoms with Gasteiger partial charge in [-0.25, -0.2) is 0 Å². The summed E-state index contributed by atoms with van der Waals surface area (Å²) in [5.41, 5.74) is 0.414. The number of hydrogen-bond donors (Lipinski definition) is 0. The molecule has 0 amide bonds. The third kappa shape index (κ3) is 3.12. The quantitative estimate of drug-likeness (QED) is 0.762. The van der Waals surface area contributed by atoms with Gasteiger partial charge in [-0.2, -0.15) is 0 Å². The van der Waals surface area contributed by atoms with Gasteiger partial charge in [0.15, 0.2) is 0 Å². The largest absolute Gasteiger partial charge is 0.406 e. The van der Waals surface area contributed by atoms with Crippen molar-refractivity contribution in [1.29, 1.82) is 0 Å². The van der Waals surface area contributed by atoms with Gasteiger partial charge < -0.3 is 9.32 Å². The van der Waals surface area contributed by atoms with Gasteiger partial charge in [0.1, 0.15) is 5.38 Å². The lowest BCUT2D eigenvalue weighted by atomic mass is 9.85. The Morgan fingerprint density at radius 3 is 2.71 bits per heavy atom. The fraction of sp³-hybridized carbons (Fsp3) is 0.833. The number of anilines is 1. The Bertz CT molecular complexity index is 376. The molecule has 0 aliphatic carbocycles. The van der Waals surface area contributed by atoms with Crippen molar-refractivity contribution in [3.05, 3.63) is 5.89 Å². The predicted molar refractivity (Wildman–Crippen MR) is 68.4 cm³/mol. The first-order chi connectivity index (χ1) is 7.98. The second-order valence-corrected chi connectivity index (χ2v) is 6.20. The van der Waals surface area contributed by atoms with E-state index in [-0.39, 0.29) is 5.38 Å². The van der Waals surface area contributed by atoms with Crippen LogP contribution in [0.15, 0.2) is 4.42 Å².